The third-order valence-corrected chi connectivity index (χ3v) is 4.31. The van der Waals surface area contributed by atoms with Crippen LogP contribution in [0.4, 0.5) is 4.39 Å². The number of nitrogens with one attached hydrogen (secondary N) is 2. The molecule has 0 spiro atoms. The van der Waals surface area contributed by atoms with Gasteiger partial charge in [0.2, 0.25) is 10.0 Å². The molecule has 0 aliphatic heterocycles. The van der Waals surface area contributed by atoms with E-state index in [0.717, 1.165) is 13.0 Å². The molecule has 106 valence electrons. The highest BCUT2D eigenvalue weighted by molar-refractivity contribution is 7.88. The Kier molecular flexibility index (Phi) is 4.90. The van der Waals surface area contributed by atoms with Crippen molar-refractivity contribution in [2.24, 2.45) is 0 Å². The molecular formula is C13H19FN2O2S. The van der Waals surface area contributed by atoms with E-state index < -0.39 is 10.0 Å². The molecule has 1 aliphatic rings. The van der Waals surface area contributed by atoms with Crippen molar-refractivity contribution in [3.8, 4) is 0 Å². The summed E-state index contributed by atoms with van der Waals surface area (Å²) < 4.78 is 38.8. The van der Waals surface area contributed by atoms with Gasteiger partial charge in [0, 0.05) is 12.6 Å². The molecule has 0 amide bonds. The average molecular weight is 286 g/mol. The molecule has 2 N–H and O–H groups in total. The van der Waals surface area contributed by atoms with E-state index in [1.807, 2.05) is 0 Å². The fraction of sp³-hybridized carbons (Fsp3) is 0.538. The summed E-state index contributed by atoms with van der Waals surface area (Å²) in [6.07, 6.45) is 3.24. The number of sulfonamides is 1. The summed E-state index contributed by atoms with van der Waals surface area (Å²) in [6.45, 7) is 1.27. The summed E-state index contributed by atoms with van der Waals surface area (Å²) in [4.78, 5) is 0. The summed E-state index contributed by atoms with van der Waals surface area (Å²) in [5, 5.41) is 3.32. The zero-order chi connectivity index (χ0) is 13.7. The van der Waals surface area contributed by atoms with Crippen LogP contribution in [0.15, 0.2) is 24.3 Å². The Bertz CT molecular complexity index is 498. The first-order chi connectivity index (χ1) is 9.05. The van der Waals surface area contributed by atoms with Crippen LogP contribution in [0.2, 0.25) is 0 Å². The smallest absolute Gasteiger partial charge is 0.215 e. The zero-order valence-corrected chi connectivity index (χ0v) is 11.5. The lowest BCUT2D eigenvalue weighted by atomic mass is 10.2. The summed E-state index contributed by atoms with van der Waals surface area (Å²) in [7, 11) is -3.33. The Labute approximate surface area is 113 Å². The number of hydrogen-bond acceptors (Lipinski definition) is 3. The minimum Gasteiger partial charge on any atom is -0.314 e. The first-order valence-corrected chi connectivity index (χ1v) is 8.15. The maximum Gasteiger partial charge on any atom is 0.215 e. The van der Waals surface area contributed by atoms with Gasteiger partial charge in [0.15, 0.2) is 0 Å². The second-order valence-electron chi connectivity index (χ2n) is 4.86. The Balaban J connectivity index is 1.69. The first kappa shape index (κ1) is 14.4. The van der Waals surface area contributed by atoms with Crippen LogP contribution >= 0.6 is 0 Å². The normalized spacial score (nSPS) is 15.6. The molecule has 2 rings (SSSR count). The monoisotopic (exact) mass is 286 g/mol. The largest absolute Gasteiger partial charge is 0.314 e. The lowest BCUT2D eigenvalue weighted by Gasteiger charge is -2.07. The number of rotatable bonds is 8. The predicted octanol–water partition coefficient (Wildman–Crippen LogP) is 1.39. The van der Waals surface area contributed by atoms with E-state index in [9.17, 15) is 12.8 Å². The fourth-order valence-corrected chi connectivity index (χ4v) is 2.95. The van der Waals surface area contributed by atoms with Crippen molar-refractivity contribution in [3.05, 3.63) is 35.6 Å². The molecule has 1 aromatic carbocycles. The van der Waals surface area contributed by atoms with Gasteiger partial charge in [0.1, 0.15) is 5.82 Å². The highest BCUT2D eigenvalue weighted by Crippen LogP contribution is 2.18. The van der Waals surface area contributed by atoms with Crippen molar-refractivity contribution in [2.75, 3.05) is 13.1 Å². The van der Waals surface area contributed by atoms with Gasteiger partial charge < -0.3 is 5.32 Å². The maximum atomic E-state index is 12.7. The van der Waals surface area contributed by atoms with Crippen molar-refractivity contribution < 1.29 is 12.8 Å². The van der Waals surface area contributed by atoms with Crippen molar-refractivity contribution in [1.29, 1.82) is 0 Å². The van der Waals surface area contributed by atoms with Crippen LogP contribution in [0, 0.1) is 5.82 Å². The number of hydrogen-bond donors (Lipinski definition) is 2. The molecule has 0 aromatic heterocycles. The van der Waals surface area contributed by atoms with Gasteiger partial charge in [-0.1, -0.05) is 12.1 Å². The van der Waals surface area contributed by atoms with Gasteiger partial charge in [-0.15, -0.1) is 0 Å². The van der Waals surface area contributed by atoms with Crippen molar-refractivity contribution in [2.45, 2.75) is 31.1 Å². The molecule has 4 nitrogen and oxygen atoms in total. The van der Waals surface area contributed by atoms with Gasteiger partial charge in [0.05, 0.1) is 5.75 Å². The zero-order valence-electron chi connectivity index (χ0n) is 10.7. The second-order valence-corrected chi connectivity index (χ2v) is 6.67. The summed E-state index contributed by atoms with van der Waals surface area (Å²) in [6, 6.07) is 6.16. The van der Waals surface area contributed by atoms with Crippen molar-refractivity contribution in [3.63, 3.8) is 0 Å². The van der Waals surface area contributed by atoms with Gasteiger partial charge in [-0.3, -0.25) is 0 Å². The highest BCUT2D eigenvalue weighted by Gasteiger charge is 2.19. The molecule has 0 saturated heterocycles. The Hall–Kier alpha value is -0.980. The van der Waals surface area contributed by atoms with E-state index in [4.69, 9.17) is 0 Å². The van der Waals surface area contributed by atoms with Crippen LogP contribution in [0.3, 0.4) is 0 Å². The van der Waals surface area contributed by atoms with Gasteiger partial charge in [-0.05, 0) is 43.5 Å². The Morgan fingerprint density at radius 3 is 2.47 bits per heavy atom. The SMILES string of the molecule is O=S(=O)(Cc1ccc(F)cc1)NCCCNC1CC1. The molecule has 0 heterocycles. The molecule has 1 saturated carbocycles. The van der Waals surface area contributed by atoms with Crippen molar-refractivity contribution in [1.82, 2.24) is 10.0 Å². The van der Waals surface area contributed by atoms with Crippen LogP contribution in [0.1, 0.15) is 24.8 Å². The van der Waals surface area contributed by atoms with E-state index in [2.05, 4.69) is 10.0 Å². The second kappa shape index (κ2) is 6.45. The minimum atomic E-state index is -3.33. The predicted molar refractivity (Wildman–Crippen MR) is 72.7 cm³/mol. The molecule has 1 fully saturated rings. The topological polar surface area (TPSA) is 58.2 Å². The van der Waals surface area contributed by atoms with Crippen LogP contribution in [-0.4, -0.2) is 27.5 Å². The minimum absolute atomic E-state index is 0.108. The summed E-state index contributed by atoms with van der Waals surface area (Å²) >= 11 is 0. The van der Waals surface area contributed by atoms with E-state index in [-0.39, 0.29) is 11.6 Å². The molecule has 19 heavy (non-hydrogen) atoms. The van der Waals surface area contributed by atoms with E-state index in [1.165, 1.54) is 37.1 Å². The standard InChI is InChI=1S/C13H19FN2O2S/c14-12-4-2-11(3-5-12)10-19(17,18)16-9-1-8-15-13-6-7-13/h2-5,13,15-16H,1,6-10H2. The third kappa shape index (κ3) is 5.67. The van der Waals surface area contributed by atoms with Crippen LogP contribution in [0.25, 0.3) is 0 Å². The lowest BCUT2D eigenvalue weighted by molar-refractivity contribution is 0.572. The Morgan fingerprint density at radius 2 is 1.84 bits per heavy atom. The third-order valence-electron chi connectivity index (χ3n) is 2.96. The number of halogens is 1. The quantitative estimate of drug-likeness (QED) is 0.710. The van der Waals surface area contributed by atoms with Crippen LogP contribution < -0.4 is 10.0 Å². The molecule has 0 unspecified atom stereocenters. The molecule has 0 bridgehead atoms. The van der Waals surface area contributed by atoms with Gasteiger partial charge >= 0.3 is 0 Å². The highest BCUT2D eigenvalue weighted by atomic mass is 32.2. The van der Waals surface area contributed by atoms with Crippen LogP contribution in [-0.2, 0) is 15.8 Å². The molecular weight excluding hydrogens is 267 g/mol. The fourth-order valence-electron chi connectivity index (χ4n) is 1.76. The molecule has 0 atom stereocenters. The van der Waals surface area contributed by atoms with E-state index in [0.29, 0.717) is 18.2 Å². The van der Waals surface area contributed by atoms with Crippen molar-refractivity contribution >= 4 is 10.0 Å². The number of benzene rings is 1. The molecule has 1 aliphatic carbocycles. The van der Waals surface area contributed by atoms with Crippen LogP contribution in [0.5, 0.6) is 0 Å². The maximum absolute atomic E-state index is 12.7. The van der Waals surface area contributed by atoms with Gasteiger partial charge in [-0.25, -0.2) is 17.5 Å². The molecule has 1 aromatic rings. The van der Waals surface area contributed by atoms with Gasteiger partial charge in [0.25, 0.3) is 0 Å². The molecule has 0 radical (unpaired) electrons. The lowest BCUT2D eigenvalue weighted by Crippen LogP contribution is -2.29. The van der Waals surface area contributed by atoms with Gasteiger partial charge in [-0.2, -0.15) is 0 Å². The average Bonchev–Trinajstić information content (AvgIpc) is 3.15. The summed E-state index contributed by atoms with van der Waals surface area (Å²) in [5.41, 5.74) is 0.588. The first-order valence-electron chi connectivity index (χ1n) is 6.50. The molecule has 6 heteroatoms. The summed E-state index contributed by atoms with van der Waals surface area (Å²) in [5.74, 6) is -0.469. The van der Waals surface area contributed by atoms with E-state index >= 15 is 0 Å². The Morgan fingerprint density at radius 1 is 1.16 bits per heavy atom. The van der Waals surface area contributed by atoms with E-state index in [1.54, 1.807) is 0 Å².